The fraction of sp³-hybridized carbons (Fsp3) is 0.750. The molecule has 3 nitrogen and oxygen atoms in total. The molecule has 2 atom stereocenters. The number of aromatic nitrogens is 2. The van der Waals surface area contributed by atoms with Crippen LogP contribution in [0.1, 0.15) is 25.5 Å². The largest absolute Gasteiger partial charge is 0.309 e. The molecule has 0 aromatic carbocycles. The number of thioether (sulfide) groups is 2. The number of hydrogen-bond donors (Lipinski definition) is 1. The van der Waals surface area contributed by atoms with E-state index in [2.05, 4.69) is 54.0 Å². The van der Waals surface area contributed by atoms with E-state index in [0.29, 0.717) is 6.04 Å². The molecular weight excluding hydrogens is 250 g/mol. The van der Waals surface area contributed by atoms with Gasteiger partial charge >= 0.3 is 0 Å². The maximum atomic E-state index is 4.32. The van der Waals surface area contributed by atoms with E-state index in [1.54, 1.807) is 0 Å². The zero-order valence-corrected chi connectivity index (χ0v) is 12.2. The van der Waals surface area contributed by atoms with Crippen LogP contribution in [0.5, 0.6) is 0 Å². The van der Waals surface area contributed by atoms with Crippen molar-refractivity contribution in [3.8, 4) is 0 Å². The van der Waals surface area contributed by atoms with E-state index in [1.165, 1.54) is 22.8 Å². The fourth-order valence-corrected chi connectivity index (χ4v) is 4.48. The molecular formula is C12H21N3S2. The maximum absolute atomic E-state index is 4.32. The molecule has 5 heteroatoms. The monoisotopic (exact) mass is 271 g/mol. The first-order chi connectivity index (χ1) is 8.29. The van der Waals surface area contributed by atoms with Gasteiger partial charge in [0.15, 0.2) is 0 Å². The Balaban J connectivity index is 1.77. The lowest BCUT2D eigenvalue weighted by Gasteiger charge is -2.23. The SMILES string of the molecule is CCn1cc(C(C)NCC2CSCCS2)cn1. The van der Waals surface area contributed by atoms with Gasteiger partial charge in [-0.1, -0.05) is 0 Å². The van der Waals surface area contributed by atoms with Gasteiger partial charge in [0, 0.05) is 53.4 Å². The van der Waals surface area contributed by atoms with Crippen molar-refractivity contribution in [2.75, 3.05) is 23.8 Å². The molecule has 1 fully saturated rings. The summed E-state index contributed by atoms with van der Waals surface area (Å²) in [5.74, 6) is 3.91. The third-order valence-corrected chi connectivity index (χ3v) is 5.86. The Morgan fingerprint density at radius 1 is 1.59 bits per heavy atom. The molecule has 1 aliphatic heterocycles. The molecule has 0 aliphatic carbocycles. The molecule has 1 aromatic rings. The minimum atomic E-state index is 0.405. The smallest absolute Gasteiger partial charge is 0.0537 e. The summed E-state index contributed by atoms with van der Waals surface area (Å²) in [5, 5.41) is 8.71. The molecule has 2 unspecified atom stereocenters. The van der Waals surface area contributed by atoms with Crippen LogP contribution >= 0.6 is 23.5 Å². The van der Waals surface area contributed by atoms with Crippen LogP contribution in [0, 0.1) is 0 Å². The Labute approximate surface area is 112 Å². The minimum Gasteiger partial charge on any atom is -0.309 e. The summed E-state index contributed by atoms with van der Waals surface area (Å²) < 4.78 is 1.98. The van der Waals surface area contributed by atoms with Gasteiger partial charge < -0.3 is 5.32 Å². The Bertz CT molecular complexity index is 334. The van der Waals surface area contributed by atoms with Crippen LogP contribution in [-0.4, -0.2) is 38.8 Å². The van der Waals surface area contributed by atoms with Crippen LogP contribution in [0.15, 0.2) is 12.4 Å². The first-order valence-electron chi connectivity index (χ1n) is 6.24. The van der Waals surface area contributed by atoms with Crippen LogP contribution < -0.4 is 5.32 Å². The Morgan fingerprint density at radius 3 is 3.12 bits per heavy atom. The van der Waals surface area contributed by atoms with Gasteiger partial charge in [0.25, 0.3) is 0 Å². The average Bonchev–Trinajstić information content (AvgIpc) is 2.86. The van der Waals surface area contributed by atoms with Gasteiger partial charge in [-0.15, -0.1) is 0 Å². The number of rotatable bonds is 5. The zero-order valence-electron chi connectivity index (χ0n) is 10.6. The molecule has 1 saturated heterocycles. The Morgan fingerprint density at radius 2 is 2.47 bits per heavy atom. The zero-order chi connectivity index (χ0) is 12.1. The molecule has 1 aromatic heterocycles. The van der Waals surface area contributed by atoms with Crippen LogP contribution in [0.25, 0.3) is 0 Å². The summed E-state index contributed by atoms with van der Waals surface area (Å²) in [6.07, 6.45) is 4.12. The third-order valence-electron chi connectivity index (χ3n) is 3.01. The van der Waals surface area contributed by atoms with Crippen LogP contribution in [0.4, 0.5) is 0 Å². The molecule has 0 bridgehead atoms. The standard InChI is InChI=1S/C12H21N3S2/c1-3-15-8-11(6-14-15)10(2)13-7-12-9-16-4-5-17-12/h6,8,10,12-13H,3-5,7,9H2,1-2H3. The van der Waals surface area contributed by atoms with Crippen LogP contribution in [-0.2, 0) is 6.54 Å². The third kappa shape index (κ3) is 3.93. The molecule has 1 aliphatic rings. The van der Waals surface area contributed by atoms with E-state index in [0.717, 1.165) is 18.3 Å². The quantitative estimate of drug-likeness (QED) is 0.890. The first kappa shape index (κ1) is 13.3. The molecule has 1 N–H and O–H groups in total. The van der Waals surface area contributed by atoms with Crippen molar-refractivity contribution in [2.24, 2.45) is 0 Å². The van der Waals surface area contributed by atoms with E-state index in [9.17, 15) is 0 Å². The maximum Gasteiger partial charge on any atom is 0.0537 e. The molecule has 0 spiro atoms. The molecule has 0 amide bonds. The van der Waals surface area contributed by atoms with Crippen molar-refractivity contribution < 1.29 is 0 Å². The molecule has 0 saturated carbocycles. The average molecular weight is 271 g/mol. The lowest BCUT2D eigenvalue weighted by atomic mass is 10.2. The second kappa shape index (κ2) is 6.71. The predicted molar refractivity (Wildman–Crippen MR) is 77.9 cm³/mol. The van der Waals surface area contributed by atoms with Crippen molar-refractivity contribution in [1.29, 1.82) is 0 Å². The highest BCUT2D eigenvalue weighted by Crippen LogP contribution is 2.24. The summed E-state index contributed by atoms with van der Waals surface area (Å²) in [6.45, 7) is 6.39. The summed E-state index contributed by atoms with van der Waals surface area (Å²) >= 11 is 4.19. The Kier molecular flexibility index (Phi) is 5.25. The van der Waals surface area contributed by atoms with E-state index < -0.39 is 0 Å². The van der Waals surface area contributed by atoms with Gasteiger partial charge in [-0.05, 0) is 13.8 Å². The van der Waals surface area contributed by atoms with Gasteiger partial charge in [0.1, 0.15) is 0 Å². The number of aryl methyl sites for hydroxylation is 1. The summed E-state index contributed by atoms with van der Waals surface area (Å²) in [5.41, 5.74) is 1.29. The van der Waals surface area contributed by atoms with Crippen molar-refractivity contribution in [3.05, 3.63) is 18.0 Å². The lowest BCUT2D eigenvalue weighted by Crippen LogP contribution is -2.30. The second-order valence-electron chi connectivity index (χ2n) is 4.33. The summed E-state index contributed by atoms with van der Waals surface area (Å²) in [6, 6.07) is 0.405. The molecule has 2 heterocycles. The Hall–Kier alpha value is -0.130. The topological polar surface area (TPSA) is 29.9 Å². The number of hydrogen-bond acceptors (Lipinski definition) is 4. The van der Waals surface area contributed by atoms with Gasteiger partial charge in [-0.3, -0.25) is 4.68 Å². The van der Waals surface area contributed by atoms with Crippen molar-refractivity contribution >= 4 is 23.5 Å². The predicted octanol–water partition coefficient (Wildman–Crippen LogP) is 2.40. The molecule has 2 rings (SSSR count). The molecule has 0 radical (unpaired) electrons. The second-order valence-corrected chi connectivity index (χ2v) is 6.89. The highest BCUT2D eigenvalue weighted by Gasteiger charge is 2.15. The molecule has 96 valence electrons. The van der Waals surface area contributed by atoms with Gasteiger partial charge in [0.05, 0.1) is 6.20 Å². The van der Waals surface area contributed by atoms with Crippen molar-refractivity contribution in [1.82, 2.24) is 15.1 Å². The normalized spacial score (nSPS) is 22.6. The first-order valence-corrected chi connectivity index (χ1v) is 8.45. The van der Waals surface area contributed by atoms with Gasteiger partial charge in [-0.2, -0.15) is 28.6 Å². The van der Waals surface area contributed by atoms with E-state index >= 15 is 0 Å². The minimum absolute atomic E-state index is 0.405. The van der Waals surface area contributed by atoms with Crippen LogP contribution in [0.2, 0.25) is 0 Å². The summed E-state index contributed by atoms with van der Waals surface area (Å²) in [4.78, 5) is 0. The lowest BCUT2D eigenvalue weighted by molar-refractivity contribution is 0.575. The van der Waals surface area contributed by atoms with Gasteiger partial charge in [-0.25, -0.2) is 0 Å². The van der Waals surface area contributed by atoms with Crippen molar-refractivity contribution in [3.63, 3.8) is 0 Å². The van der Waals surface area contributed by atoms with Crippen LogP contribution in [0.3, 0.4) is 0 Å². The van der Waals surface area contributed by atoms with E-state index in [4.69, 9.17) is 0 Å². The number of nitrogens with zero attached hydrogens (tertiary/aromatic N) is 2. The highest BCUT2D eigenvalue weighted by atomic mass is 32.2. The summed E-state index contributed by atoms with van der Waals surface area (Å²) in [7, 11) is 0. The highest BCUT2D eigenvalue weighted by molar-refractivity contribution is 8.06. The van der Waals surface area contributed by atoms with Crippen molar-refractivity contribution in [2.45, 2.75) is 31.7 Å². The van der Waals surface area contributed by atoms with E-state index in [-0.39, 0.29) is 0 Å². The fourth-order valence-electron chi connectivity index (χ4n) is 1.86. The molecule has 17 heavy (non-hydrogen) atoms. The number of nitrogens with one attached hydrogen (secondary N) is 1. The van der Waals surface area contributed by atoms with E-state index in [1.807, 2.05) is 10.9 Å². The van der Waals surface area contributed by atoms with Gasteiger partial charge in [0.2, 0.25) is 0 Å².